The van der Waals surface area contributed by atoms with E-state index in [1.807, 2.05) is 0 Å². The van der Waals surface area contributed by atoms with Crippen LogP contribution in [0.15, 0.2) is 42.5 Å². The fraction of sp³-hybridized carbons (Fsp3) is 0.333. The number of para-hydroxylation sites is 1. The fourth-order valence-electron chi connectivity index (χ4n) is 3.29. The Balaban J connectivity index is 2.26. The molecule has 1 nitrogen and oxygen atoms in total. The lowest BCUT2D eigenvalue weighted by Crippen LogP contribution is -2.01. The van der Waals surface area contributed by atoms with Crippen LogP contribution in [0.3, 0.4) is 0 Å². The third-order valence-electron chi connectivity index (χ3n) is 4.74. The Morgan fingerprint density at radius 3 is 2.41 bits per heavy atom. The van der Waals surface area contributed by atoms with Gasteiger partial charge in [0.2, 0.25) is 0 Å². The van der Waals surface area contributed by atoms with Crippen molar-refractivity contribution in [1.82, 2.24) is 4.57 Å². The molecule has 0 unspecified atom stereocenters. The Kier molecular flexibility index (Phi) is 4.06. The van der Waals surface area contributed by atoms with Crippen LogP contribution < -0.4 is 0 Å². The van der Waals surface area contributed by atoms with E-state index in [0.29, 0.717) is 0 Å². The van der Waals surface area contributed by atoms with Crippen molar-refractivity contribution in [3.05, 3.63) is 59.2 Å². The Bertz CT molecular complexity index is 808. The summed E-state index contributed by atoms with van der Waals surface area (Å²) in [7, 11) is 0. The second-order valence-corrected chi connectivity index (χ2v) is 6.29. The number of unbranched alkanes of at least 4 members (excludes halogenated alkanes) is 1. The van der Waals surface area contributed by atoms with Gasteiger partial charge in [-0.25, -0.2) is 0 Å². The molecule has 0 aliphatic carbocycles. The SMILES string of the molecule is CCCCn1c(-c2ccc(C)c(C)c2)c(C)c2ccccc21. The molecule has 22 heavy (non-hydrogen) atoms. The van der Waals surface area contributed by atoms with E-state index in [4.69, 9.17) is 0 Å². The van der Waals surface area contributed by atoms with Gasteiger partial charge in [-0.3, -0.25) is 0 Å². The van der Waals surface area contributed by atoms with E-state index >= 15 is 0 Å². The smallest absolute Gasteiger partial charge is 0.0521 e. The van der Waals surface area contributed by atoms with Crippen molar-refractivity contribution in [2.45, 2.75) is 47.1 Å². The van der Waals surface area contributed by atoms with E-state index in [2.05, 4.69) is 74.7 Å². The van der Waals surface area contributed by atoms with Crippen LogP contribution in [0.1, 0.15) is 36.5 Å². The van der Waals surface area contributed by atoms with Gasteiger partial charge in [-0.05, 0) is 61.6 Å². The third kappa shape index (κ3) is 2.45. The summed E-state index contributed by atoms with van der Waals surface area (Å²) >= 11 is 0. The molecule has 1 heteroatoms. The maximum absolute atomic E-state index is 2.51. The number of aromatic nitrogens is 1. The molecule has 0 N–H and O–H groups in total. The van der Waals surface area contributed by atoms with Crippen molar-refractivity contribution in [1.29, 1.82) is 0 Å². The highest BCUT2D eigenvalue weighted by Crippen LogP contribution is 2.34. The zero-order valence-electron chi connectivity index (χ0n) is 14.1. The molecule has 114 valence electrons. The predicted octanol–water partition coefficient (Wildman–Crippen LogP) is 6.03. The van der Waals surface area contributed by atoms with E-state index < -0.39 is 0 Å². The summed E-state index contributed by atoms with van der Waals surface area (Å²) in [5.41, 5.74) is 8.21. The molecule has 0 amide bonds. The largest absolute Gasteiger partial charge is 0.340 e. The lowest BCUT2D eigenvalue weighted by atomic mass is 10.0. The molecule has 0 fully saturated rings. The average Bonchev–Trinajstić information content (AvgIpc) is 2.81. The molecule has 0 bridgehead atoms. The number of benzene rings is 2. The number of hydrogen-bond acceptors (Lipinski definition) is 0. The molecule has 2 aromatic carbocycles. The first-order chi connectivity index (χ1) is 10.6. The van der Waals surface area contributed by atoms with Gasteiger partial charge in [0.1, 0.15) is 0 Å². The molecule has 3 rings (SSSR count). The van der Waals surface area contributed by atoms with Crippen LogP contribution in [-0.2, 0) is 6.54 Å². The summed E-state index contributed by atoms with van der Waals surface area (Å²) in [6.45, 7) is 9.99. The van der Waals surface area contributed by atoms with Crippen molar-refractivity contribution in [3.8, 4) is 11.3 Å². The quantitative estimate of drug-likeness (QED) is 0.552. The summed E-state index contributed by atoms with van der Waals surface area (Å²) in [5, 5.41) is 1.38. The Labute approximate surface area is 133 Å². The second-order valence-electron chi connectivity index (χ2n) is 6.29. The predicted molar refractivity (Wildman–Crippen MR) is 96.5 cm³/mol. The van der Waals surface area contributed by atoms with E-state index in [9.17, 15) is 0 Å². The average molecular weight is 291 g/mol. The van der Waals surface area contributed by atoms with Gasteiger partial charge in [-0.15, -0.1) is 0 Å². The summed E-state index contributed by atoms with van der Waals surface area (Å²) in [6.07, 6.45) is 2.44. The van der Waals surface area contributed by atoms with Crippen LogP contribution in [0.25, 0.3) is 22.2 Å². The second kappa shape index (κ2) is 6.00. The molecule has 0 aliphatic heterocycles. The van der Waals surface area contributed by atoms with E-state index in [1.165, 1.54) is 51.7 Å². The summed E-state index contributed by atoms with van der Waals surface area (Å²) in [4.78, 5) is 0. The topological polar surface area (TPSA) is 4.93 Å². The van der Waals surface area contributed by atoms with E-state index in [0.717, 1.165) is 6.54 Å². The Hall–Kier alpha value is -2.02. The molecule has 0 radical (unpaired) electrons. The van der Waals surface area contributed by atoms with Crippen molar-refractivity contribution >= 4 is 10.9 Å². The monoisotopic (exact) mass is 291 g/mol. The van der Waals surface area contributed by atoms with Crippen molar-refractivity contribution < 1.29 is 0 Å². The lowest BCUT2D eigenvalue weighted by Gasteiger charge is -2.13. The van der Waals surface area contributed by atoms with E-state index in [-0.39, 0.29) is 0 Å². The maximum Gasteiger partial charge on any atom is 0.0521 e. The van der Waals surface area contributed by atoms with Crippen LogP contribution in [0, 0.1) is 20.8 Å². The number of hydrogen-bond donors (Lipinski definition) is 0. The molecule has 1 aromatic heterocycles. The maximum atomic E-state index is 2.51. The summed E-state index contributed by atoms with van der Waals surface area (Å²) in [5.74, 6) is 0. The minimum Gasteiger partial charge on any atom is -0.340 e. The lowest BCUT2D eigenvalue weighted by molar-refractivity contribution is 0.654. The minimum atomic E-state index is 1.09. The van der Waals surface area contributed by atoms with Crippen LogP contribution in [0.4, 0.5) is 0 Å². The standard InChI is InChI=1S/C21H25N/c1-5-6-13-22-20-10-8-7-9-19(20)17(4)21(22)18-12-11-15(2)16(3)14-18/h7-12,14H,5-6,13H2,1-4H3. The molecule has 0 aliphatic rings. The first kappa shape index (κ1) is 14.9. The van der Waals surface area contributed by atoms with Crippen molar-refractivity contribution in [2.24, 2.45) is 0 Å². The zero-order valence-corrected chi connectivity index (χ0v) is 14.1. The molecule has 0 saturated heterocycles. The highest BCUT2D eigenvalue weighted by Gasteiger charge is 2.15. The minimum absolute atomic E-state index is 1.09. The first-order valence-corrected chi connectivity index (χ1v) is 8.29. The van der Waals surface area contributed by atoms with Gasteiger partial charge in [-0.1, -0.05) is 43.7 Å². The van der Waals surface area contributed by atoms with Gasteiger partial charge >= 0.3 is 0 Å². The zero-order chi connectivity index (χ0) is 15.7. The normalized spacial score (nSPS) is 11.3. The number of rotatable bonds is 4. The van der Waals surface area contributed by atoms with Gasteiger partial charge in [0, 0.05) is 17.4 Å². The first-order valence-electron chi connectivity index (χ1n) is 8.29. The fourth-order valence-corrected chi connectivity index (χ4v) is 3.29. The Morgan fingerprint density at radius 2 is 1.68 bits per heavy atom. The molecule has 0 spiro atoms. The third-order valence-corrected chi connectivity index (χ3v) is 4.74. The number of nitrogens with zero attached hydrogens (tertiary/aromatic N) is 1. The number of aryl methyl sites for hydroxylation is 4. The van der Waals surface area contributed by atoms with Crippen LogP contribution >= 0.6 is 0 Å². The molecular weight excluding hydrogens is 266 g/mol. The molecular formula is C21H25N. The van der Waals surface area contributed by atoms with Gasteiger partial charge in [0.25, 0.3) is 0 Å². The summed E-state index contributed by atoms with van der Waals surface area (Å²) in [6, 6.07) is 15.6. The van der Waals surface area contributed by atoms with Gasteiger partial charge in [0.15, 0.2) is 0 Å². The van der Waals surface area contributed by atoms with Crippen LogP contribution in [0.2, 0.25) is 0 Å². The summed E-state index contributed by atoms with van der Waals surface area (Å²) < 4.78 is 2.51. The Morgan fingerprint density at radius 1 is 0.909 bits per heavy atom. The molecule has 1 heterocycles. The van der Waals surface area contributed by atoms with Gasteiger partial charge in [0.05, 0.1) is 5.69 Å². The van der Waals surface area contributed by atoms with Gasteiger partial charge in [-0.2, -0.15) is 0 Å². The number of fused-ring (bicyclic) bond motifs is 1. The molecule has 0 atom stereocenters. The molecule has 3 aromatic rings. The van der Waals surface area contributed by atoms with E-state index in [1.54, 1.807) is 0 Å². The molecule has 0 saturated carbocycles. The van der Waals surface area contributed by atoms with Crippen LogP contribution in [0.5, 0.6) is 0 Å². The van der Waals surface area contributed by atoms with Crippen molar-refractivity contribution in [2.75, 3.05) is 0 Å². The van der Waals surface area contributed by atoms with Crippen molar-refractivity contribution in [3.63, 3.8) is 0 Å². The highest BCUT2D eigenvalue weighted by molar-refractivity contribution is 5.91. The van der Waals surface area contributed by atoms with Crippen LogP contribution in [-0.4, -0.2) is 4.57 Å². The highest BCUT2D eigenvalue weighted by atomic mass is 15.0. The van der Waals surface area contributed by atoms with Gasteiger partial charge < -0.3 is 4.57 Å².